The molecule has 7 heteroatoms. The van der Waals surface area contributed by atoms with Gasteiger partial charge >= 0.3 is 0 Å². The van der Waals surface area contributed by atoms with E-state index in [1.165, 1.54) is 0 Å². The maximum Gasteiger partial charge on any atom is 0.251 e. The molecule has 2 atom stereocenters. The fourth-order valence-electron chi connectivity index (χ4n) is 2.70. The predicted molar refractivity (Wildman–Crippen MR) is 84.3 cm³/mol. The molecule has 2 aromatic heterocycles. The van der Waals surface area contributed by atoms with Crippen LogP contribution in [-0.4, -0.2) is 45.3 Å². The molecular weight excluding hydrogens is 294 g/mol. The van der Waals surface area contributed by atoms with E-state index < -0.39 is 0 Å². The van der Waals surface area contributed by atoms with Crippen molar-refractivity contribution in [1.82, 2.24) is 25.5 Å². The lowest BCUT2D eigenvalue weighted by molar-refractivity contribution is 0.0927. The molecule has 3 rings (SSSR count). The van der Waals surface area contributed by atoms with Gasteiger partial charge in [0, 0.05) is 23.9 Å². The molecule has 0 aromatic carbocycles. The van der Waals surface area contributed by atoms with Gasteiger partial charge in [-0.15, -0.1) is 0 Å². The molecule has 2 aromatic rings. The van der Waals surface area contributed by atoms with Gasteiger partial charge in [-0.1, -0.05) is 6.92 Å². The van der Waals surface area contributed by atoms with Crippen LogP contribution in [0, 0.1) is 13.8 Å². The van der Waals surface area contributed by atoms with E-state index >= 15 is 0 Å². The lowest BCUT2D eigenvalue weighted by atomic mass is 10.0. The molecule has 2 N–H and O–H groups in total. The largest absolute Gasteiger partial charge is 0.378 e. The summed E-state index contributed by atoms with van der Waals surface area (Å²) >= 11 is 0. The van der Waals surface area contributed by atoms with Crippen LogP contribution in [0.15, 0.2) is 12.3 Å². The molecule has 3 heterocycles. The molecule has 23 heavy (non-hydrogen) atoms. The van der Waals surface area contributed by atoms with Crippen molar-refractivity contribution in [1.29, 1.82) is 0 Å². The van der Waals surface area contributed by atoms with Crippen molar-refractivity contribution in [2.45, 2.75) is 39.2 Å². The van der Waals surface area contributed by atoms with Crippen LogP contribution in [0.1, 0.15) is 46.1 Å². The molecule has 0 spiro atoms. The average molecular weight is 315 g/mol. The molecular formula is C16H21N5O2. The number of carbonyl (C=O) groups excluding carboxylic acids is 1. The Morgan fingerprint density at radius 2 is 2.26 bits per heavy atom. The van der Waals surface area contributed by atoms with Gasteiger partial charge in [0.05, 0.1) is 25.2 Å². The van der Waals surface area contributed by atoms with E-state index in [1.807, 2.05) is 20.8 Å². The van der Waals surface area contributed by atoms with E-state index in [0.29, 0.717) is 24.6 Å². The van der Waals surface area contributed by atoms with Crippen molar-refractivity contribution in [3.8, 4) is 0 Å². The first-order valence-electron chi connectivity index (χ1n) is 7.81. The van der Waals surface area contributed by atoms with Gasteiger partial charge in [0.25, 0.3) is 5.91 Å². The summed E-state index contributed by atoms with van der Waals surface area (Å²) in [6.45, 7) is 6.75. The summed E-state index contributed by atoms with van der Waals surface area (Å²) in [4.78, 5) is 21.2. The number of pyridine rings is 1. The molecule has 1 aliphatic rings. The normalized spacial score (nSPS) is 20.7. The minimum atomic E-state index is -0.129. The summed E-state index contributed by atoms with van der Waals surface area (Å²) < 4.78 is 5.54. The van der Waals surface area contributed by atoms with Crippen LogP contribution >= 0.6 is 0 Å². The van der Waals surface area contributed by atoms with Crippen molar-refractivity contribution in [3.05, 3.63) is 40.7 Å². The summed E-state index contributed by atoms with van der Waals surface area (Å²) in [5, 5.41) is 10.2. The summed E-state index contributed by atoms with van der Waals surface area (Å²) in [6, 6.07) is 1.67. The number of nitrogens with zero attached hydrogens (tertiary/aromatic N) is 3. The predicted octanol–water partition coefficient (Wildman–Crippen LogP) is 1.29. The zero-order valence-corrected chi connectivity index (χ0v) is 13.6. The van der Waals surface area contributed by atoms with E-state index in [2.05, 4.69) is 25.5 Å². The first kappa shape index (κ1) is 15.6. The maximum absolute atomic E-state index is 12.6. The highest BCUT2D eigenvalue weighted by Gasteiger charge is 2.34. The van der Waals surface area contributed by atoms with E-state index in [1.54, 1.807) is 12.3 Å². The molecule has 1 fully saturated rings. The summed E-state index contributed by atoms with van der Waals surface area (Å²) in [5.74, 6) is 1.41. The van der Waals surface area contributed by atoms with Crippen molar-refractivity contribution in [3.63, 3.8) is 0 Å². The van der Waals surface area contributed by atoms with Crippen molar-refractivity contribution >= 4 is 5.91 Å². The average Bonchev–Trinajstić information content (AvgIpc) is 3.18. The van der Waals surface area contributed by atoms with Gasteiger partial charge in [-0.2, -0.15) is 5.10 Å². The Bertz CT molecular complexity index is 712. The van der Waals surface area contributed by atoms with Gasteiger partial charge in [-0.3, -0.25) is 14.9 Å². The third-order valence-corrected chi connectivity index (χ3v) is 4.10. The number of hydrogen-bond acceptors (Lipinski definition) is 5. The van der Waals surface area contributed by atoms with Gasteiger partial charge in [-0.25, -0.2) is 4.98 Å². The minimum absolute atomic E-state index is 0.0289. The van der Waals surface area contributed by atoms with Crippen LogP contribution in [0.5, 0.6) is 0 Å². The number of amides is 1. The number of carbonyl (C=O) groups is 1. The molecule has 0 radical (unpaired) electrons. The van der Waals surface area contributed by atoms with Crippen LogP contribution in [0.2, 0.25) is 0 Å². The molecule has 1 amide bonds. The van der Waals surface area contributed by atoms with Crippen molar-refractivity contribution in [2.75, 3.05) is 13.2 Å². The van der Waals surface area contributed by atoms with Crippen molar-refractivity contribution in [2.24, 2.45) is 0 Å². The van der Waals surface area contributed by atoms with Crippen LogP contribution in [0.4, 0.5) is 0 Å². The Morgan fingerprint density at radius 1 is 1.43 bits per heavy atom. The summed E-state index contributed by atoms with van der Waals surface area (Å²) in [5.41, 5.74) is 2.32. The fourth-order valence-corrected chi connectivity index (χ4v) is 2.70. The molecule has 7 nitrogen and oxygen atoms in total. The summed E-state index contributed by atoms with van der Waals surface area (Å²) in [7, 11) is 0. The standard InChI is InChI=1S/C16H21N5O2/c1-4-14-19-15(21-20-14)12-7-23-8-13(12)18-16(22)11-5-10(3)17-6-9(11)2/h5-6,12-13H,4,7-8H2,1-3H3,(H,18,22)(H,19,20,21)/t12-,13+/m1/s1. The molecule has 1 saturated heterocycles. The Kier molecular flexibility index (Phi) is 4.38. The second-order valence-electron chi connectivity index (χ2n) is 5.86. The molecule has 0 aliphatic carbocycles. The molecule has 1 aliphatic heterocycles. The highest BCUT2D eigenvalue weighted by Crippen LogP contribution is 2.23. The Labute approximate surface area is 134 Å². The summed E-state index contributed by atoms with van der Waals surface area (Å²) in [6.07, 6.45) is 2.52. The lowest BCUT2D eigenvalue weighted by Gasteiger charge is -2.17. The highest BCUT2D eigenvalue weighted by molar-refractivity contribution is 5.95. The Morgan fingerprint density at radius 3 is 3.00 bits per heavy atom. The fraction of sp³-hybridized carbons (Fsp3) is 0.500. The Hall–Kier alpha value is -2.28. The number of aromatic nitrogens is 4. The smallest absolute Gasteiger partial charge is 0.251 e. The third kappa shape index (κ3) is 3.24. The minimum Gasteiger partial charge on any atom is -0.378 e. The second kappa shape index (κ2) is 6.45. The van der Waals surface area contributed by atoms with Gasteiger partial charge in [-0.05, 0) is 25.5 Å². The van der Waals surface area contributed by atoms with Crippen LogP contribution in [-0.2, 0) is 11.2 Å². The number of H-pyrrole nitrogens is 1. The van der Waals surface area contributed by atoms with Gasteiger partial charge in [0.2, 0.25) is 0 Å². The number of ether oxygens (including phenoxy) is 1. The van der Waals surface area contributed by atoms with Gasteiger partial charge in [0.15, 0.2) is 5.82 Å². The monoisotopic (exact) mass is 315 g/mol. The third-order valence-electron chi connectivity index (χ3n) is 4.10. The first-order chi connectivity index (χ1) is 11.1. The number of aromatic amines is 1. The lowest BCUT2D eigenvalue weighted by Crippen LogP contribution is -2.39. The van der Waals surface area contributed by atoms with Crippen LogP contribution < -0.4 is 5.32 Å². The maximum atomic E-state index is 12.6. The SMILES string of the molecule is CCc1nc([C@@H]2COC[C@@H]2NC(=O)c2cc(C)ncc2C)n[nH]1. The number of hydrogen-bond donors (Lipinski definition) is 2. The number of aryl methyl sites for hydroxylation is 3. The van der Waals surface area contributed by atoms with Crippen LogP contribution in [0.25, 0.3) is 0 Å². The van der Waals surface area contributed by atoms with E-state index in [9.17, 15) is 4.79 Å². The molecule has 0 bridgehead atoms. The zero-order valence-electron chi connectivity index (χ0n) is 13.6. The quantitative estimate of drug-likeness (QED) is 0.887. The second-order valence-corrected chi connectivity index (χ2v) is 5.86. The number of nitrogens with one attached hydrogen (secondary N) is 2. The topological polar surface area (TPSA) is 92.8 Å². The highest BCUT2D eigenvalue weighted by atomic mass is 16.5. The van der Waals surface area contributed by atoms with Gasteiger partial charge < -0.3 is 10.1 Å². The molecule has 0 unspecified atom stereocenters. The molecule has 122 valence electrons. The number of rotatable bonds is 4. The van der Waals surface area contributed by atoms with E-state index in [-0.39, 0.29) is 17.9 Å². The zero-order chi connectivity index (χ0) is 16.4. The van der Waals surface area contributed by atoms with Crippen molar-refractivity contribution < 1.29 is 9.53 Å². The molecule has 0 saturated carbocycles. The van der Waals surface area contributed by atoms with E-state index in [0.717, 1.165) is 23.5 Å². The Balaban J connectivity index is 1.75. The van der Waals surface area contributed by atoms with E-state index in [4.69, 9.17) is 4.74 Å². The van der Waals surface area contributed by atoms with Gasteiger partial charge in [0.1, 0.15) is 5.82 Å². The first-order valence-corrected chi connectivity index (χ1v) is 7.81. The van der Waals surface area contributed by atoms with Crippen LogP contribution in [0.3, 0.4) is 0 Å².